The Kier molecular flexibility index (Phi) is 7.27. The summed E-state index contributed by atoms with van der Waals surface area (Å²) >= 11 is 0. The van der Waals surface area contributed by atoms with Crippen molar-refractivity contribution in [1.29, 1.82) is 0 Å². The summed E-state index contributed by atoms with van der Waals surface area (Å²) in [7, 11) is 0. The number of halogens is 2. The van der Waals surface area contributed by atoms with E-state index >= 15 is 0 Å². The largest absolute Gasteiger partial charge is 0.473 e. The molecule has 0 aliphatic carbocycles. The van der Waals surface area contributed by atoms with Crippen molar-refractivity contribution in [3.05, 3.63) is 65.1 Å². The van der Waals surface area contributed by atoms with Crippen LogP contribution in [0.5, 0.6) is 5.88 Å². The number of ether oxygens (including phenoxy) is 1. The van der Waals surface area contributed by atoms with Gasteiger partial charge in [0.15, 0.2) is 17.4 Å². The van der Waals surface area contributed by atoms with E-state index in [9.17, 15) is 23.8 Å². The number of benzene rings is 1. The quantitative estimate of drug-likeness (QED) is 0.475. The highest BCUT2D eigenvalue weighted by atomic mass is 19.2. The van der Waals surface area contributed by atoms with Crippen LogP contribution in [0.15, 0.2) is 41.1 Å². The van der Waals surface area contributed by atoms with E-state index in [0.29, 0.717) is 17.5 Å². The van der Waals surface area contributed by atoms with Crippen molar-refractivity contribution in [1.82, 2.24) is 15.5 Å². The normalized spacial score (nSPS) is 11.9. The van der Waals surface area contributed by atoms with Crippen LogP contribution in [0.2, 0.25) is 0 Å². The van der Waals surface area contributed by atoms with Gasteiger partial charge in [0.25, 0.3) is 5.91 Å². The van der Waals surface area contributed by atoms with Crippen molar-refractivity contribution >= 4 is 5.91 Å². The topological polar surface area (TPSA) is 118 Å². The van der Waals surface area contributed by atoms with Crippen LogP contribution in [0, 0.1) is 11.6 Å². The second kappa shape index (κ2) is 10.1. The number of nitrogens with zero attached hydrogens (tertiary/aromatic N) is 2. The highest BCUT2D eigenvalue weighted by Crippen LogP contribution is 2.28. The van der Waals surface area contributed by atoms with Crippen molar-refractivity contribution < 1.29 is 33.0 Å². The van der Waals surface area contributed by atoms with Gasteiger partial charge in [0.1, 0.15) is 18.9 Å². The van der Waals surface area contributed by atoms with Crippen LogP contribution in [0.3, 0.4) is 0 Å². The van der Waals surface area contributed by atoms with Crippen molar-refractivity contribution in [2.24, 2.45) is 0 Å². The molecule has 1 atom stereocenters. The number of hydrogen-bond acceptors (Lipinski definition) is 7. The number of hydrogen-bond donors (Lipinski definition) is 3. The molecule has 164 valence electrons. The lowest BCUT2D eigenvalue weighted by molar-refractivity contribution is 0.0914. The summed E-state index contributed by atoms with van der Waals surface area (Å²) in [4.78, 5) is 16.2. The fourth-order valence-corrected chi connectivity index (χ4v) is 2.78. The zero-order valence-corrected chi connectivity index (χ0v) is 16.6. The van der Waals surface area contributed by atoms with Gasteiger partial charge >= 0.3 is 0 Å². The summed E-state index contributed by atoms with van der Waals surface area (Å²) in [5.74, 6) is -2.11. The first-order valence-electron chi connectivity index (χ1n) is 9.51. The first-order chi connectivity index (χ1) is 15.0. The lowest BCUT2D eigenvalue weighted by Gasteiger charge is -2.14. The molecule has 2 aromatic heterocycles. The predicted molar refractivity (Wildman–Crippen MR) is 105 cm³/mol. The number of rotatable bonds is 9. The van der Waals surface area contributed by atoms with Crippen molar-refractivity contribution in [2.45, 2.75) is 32.6 Å². The van der Waals surface area contributed by atoms with Gasteiger partial charge in [0.2, 0.25) is 5.88 Å². The molecule has 0 saturated carbocycles. The molecule has 8 nitrogen and oxygen atoms in total. The molecule has 0 unspecified atom stereocenters. The Balaban J connectivity index is 1.73. The van der Waals surface area contributed by atoms with Gasteiger partial charge in [-0.15, -0.1) is 0 Å². The van der Waals surface area contributed by atoms with E-state index < -0.39 is 18.2 Å². The van der Waals surface area contributed by atoms with Gasteiger partial charge in [-0.1, -0.05) is 12.1 Å². The lowest BCUT2D eigenvalue weighted by Crippen LogP contribution is -2.36. The first-order valence-corrected chi connectivity index (χ1v) is 9.51. The number of nitrogens with one attached hydrogen (secondary N) is 1. The lowest BCUT2D eigenvalue weighted by atomic mass is 10.1. The Morgan fingerprint density at radius 1 is 1.23 bits per heavy atom. The number of carbonyl (C=O) groups excluding carboxylic acids is 1. The molecule has 3 rings (SSSR count). The van der Waals surface area contributed by atoms with Gasteiger partial charge in [-0.2, -0.15) is 0 Å². The molecule has 10 heteroatoms. The molecule has 0 saturated heterocycles. The number of carbonyl (C=O) groups is 1. The SMILES string of the molecule is CC[C@@H](CO)NC(=O)c1ccc(OCc2c(-c3ccc(F)c(F)c3)noc2CO)nc1. The Labute approximate surface area is 176 Å². The third-order valence-electron chi connectivity index (χ3n) is 4.62. The average molecular weight is 433 g/mol. The molecule has 0 spiro atoms. The summed E-state index contributed by atoms with van der Waals surface area (Å²) in [5.41, 5.74) is 1.11. The minimum absolute atomic E-state index is 0.116. The Bertz CT molecular complexity index is 1040. The molecule has 0 aliphatic rings. The van der Waals surface area contributed by atoms with E-state index in [-0.39, 0.29) is 48.1 Å². The van der Waals surface area contributed by atoms with E-state index in [1.165, 1.54) is 24.4 Å². The highest BCUT2D eigenvalue weighted by Gasteiger charge is 2.19. The second-order valence-corrected chi connectivity index (χ2v) is 6.65. The zero-order chi connectivity index (χ0) is 22.4. The van der Waals surface area contributed by atoms with Crippen LogP contribution >= 0.6 is 0 Å². The molecular weight excluding hydrogens is 412 g/mol. The predicted octanol–water partition coefficient (Wildman–Crippen LogP) is 2.59. The molecule has 0 radical (unpaired) electrons. The Morgan fingerprint density at radius 2 is 2.03 bits per heavy atom. The molecule has 31 heavy (non-hydrogen) atoms. The molecule has 0 fully saturated rings. The van der Waals surface area contributed by atoms with Crippen LogP contribution in [0.1, 0.15) is 35.0 Å². The molecule has 3 aromatic rings. The molecule has 3 N–H and O–H groups in total. The fraction of sp³-hybridized carbons (Fsp3) is 0.286. The van der Waals surface area contributed by atoms with Crippen molar-refractivity contribution in [2.75, 3.05) is 6.61 Å². The summed E-state index contributed by atoms with van der Waals surface area (Å²) in [5, 5.41) is 25.2. The third-order valence-corrected chi connectivity index (χ3v) is 4.62. The van der Waals surface area contributed by atoms with Gasteiger partial charge < -0.3 is 24.8 Å². The number of aliphatic hydroxyl groups is 2. The van der Waals surface area contributed by atoms with Gasteiger partial charge in [-0.3, -0.25) is 4.79 Å². The van der Waals surface area contributed by atoms with E-state index in [0.717, 1.165) is 12.1 Å². The second-order valence-electron chi connectivity index (χ2n) is 6.65. The van der Waals surface area contributed by atoms with E-state index in [1.54, 1.807) is 0 Å². The molecule has 2 heterocycles. The third kappa shape index (κ3) is 5.22. The van der Waals surface area contributed by atoms with Gasteiger partial charge in [0, 0.05) is 17.8 Å². The maximum absolute atomic E-state index is 13.6. The molecule has 1 aromatic carbocycles. The fourth-order valence-electron chi connectivity index (χ4n) is 2.78. The van der Waals surface area contributed by atoms with Crippen LogP contribution in [-0.2, 0) is 13.2 Å². The van der Waals surface area contributed by atoms with E-state index in [2.05, 4.69) is 15.5 Å². The van der Waals surface area contributed by atoms with Crippen LogP contribution in [0.25, 0.3) is 11.3 Å². The van der Waals surface area contributed by atoms with Crippen LogP contribution in [-0.4, -0.2) is 38.9 Å². The minimum atomic E-state index is -1.04. The smallest absolute Gasteiger partial charge is 0.253 e. The van der Waals surface area contributed by atoms with Gasteiger partial charge in [-0.25, -0.2) is 13.8 Å². The van der Waals surface area contributed by atoms with Crippen LogP contribution in [0.4, 0.5) is 8.78 Å². The number of pyridine rings is 1. The Morgan fingerprint density at radius 3 is 2.65 bits per heavy atom. The maximum Gasteiger partial charge on any atom is 0.253 e. The maximum atomic E-state index is 13.6. The summed E-state index contributed by atoms with van der Waals surface area (Å²) < 4.78 is 37.5. The first kappa shape index (κ1) is 22.3. The number of aliphatic hydroxyl groups excluding tert-OH is 2. The summed E-state index contributed by atoms with van der Waals surface area (Å²) in [6, 6.07) is 5.93. The van der Waals surface area contributed by atoms with E-state index in [1.807, 2.05) is 6.92 Å². The summed E-state index contributed by atoms with van der Waals surface area (Å²) in [6.45, 7) is 1.10. The highest BCUT2D eigenvalue weighted by molar-refractivity contribution is 5.94. The molecular formula is C21H21F2N3O5. The van der Waals surface area contributed by atoms with E-state index in [4.69, 9.17) is 9.26 Å². The summed E-state index contributed by atoms with van der Waals surface area (Å²) in [6.07, 6.45) is 1.91. The molecule has 0 aliphatic heterocycles. The average Bonchev–Trinajstić information content (AvgIpc) is 3.21. The monoisotopic (exact) mass is 433 g/mol. The zero-order valence-electron chi connectivity index (χ0n) is 16.6. The number of amides is 1. The van der Waals surface area contributed by atoms with Crippen molar-refractivity contribution in [3.63, 3.8) is 0 Å². The van der Waals surface area contributed by atoms with Crippen LogP contribution < -0.4 is 10.1 Å². The molecule has 1 amide bonds. The molecule has 0 bridgehead atoms. The number of aromatic nitrogens is 2. The van der Waals surface area contributed by atoms with Gasteiger partial charge in [0.05, 0.1) is 23.8 Å². The standard InChI is InChI=1S/C21H21F2N3O5/c1-2-14(9-27)25-21(29)13-4-6-19(24-8-13)30-11-15-18(10-28)31-26-20(15)12-3-5-16(22)17(23)7-12/h3-8,14,27-28H,2,9-11H2,1H3,(H,25,29)/t14-/m0/s1. The minimum Gasteiger partial charge on any atom is -0.473 e. The van der Waals surface area contributed by atoms with Gasteiger partial charge in [-0.05, 0) is 30.7 Å². The Hall–Kier alpha value is -3.37. The van der Waals surface area contributed by atoms with Crippen molar-refractivity contribution in [3.8, 4) is 17.1 Å².